The number of nitrogens with one attached hydrogen (secondary N) is 1. The van der Waals surface area contributed by atoms with E-state index in [0.29, 0.717) is 6.04 Å². The fourth-order valence-corrected chi connectivity index (χ4v) is 1.84. The Bertz CT molecular complexity index is 342. The molecule has 0 saturated heterocycles. The summed E-state index contributed by atoms with van der Waals surface area (Å²) >= 11 is 0. The molecule has 0 amide bonds. The highest BCUT2D eigenvalue weighted by Gasteiger charge is 2.28. The van der Waals surface area contributed by atoms with Gasteiger partial charge < -0.3 is 0 Å². The van der Waals surface area contributed by atoms with Crippen molar-refractivity contribution in [3.63, 3.8) is 0 Å². The van der Waals surface area contributed by atoms with E-state index in [1.165, 1.54) is 0 Å². The van der Waals surface area contributed by atoms with Crippen LogP contribution in [0.1, 0.15) is 52.9 Å². The minimum atomic E-state index is 0.141. The number of aromatic nitrogens is 3. The molecule has 98 valence electrons. The van der Waals surface area contributed by atoms with Crippen LogP contribution < -0.4 is 11.3 Å². The Morgan fingerprint density at radius 2 is 2.12 bits per heavy atom. The van der Waals surface area contributed by atoms with Gasteiger partial charge in [0.25, 0.3) is 0 Å². The van der Waals surface area contributed by atoms with Crippen LogP contribution in [0, 0.1) is 5.41 Å². The Hall–Kier alpha value is -0.940. The summed E-state index contributed by atoms with van der Waals surface area (Å²) in [6.07, 6.45) is 3.48. The van der Waals surface area contributed by atoms with Crippen LogP contribution in [-0.2, 0) is 6.42 Å². The molecule has 1 aromatic rings. The average molecular weight is 239 g/mol. The summed E-state index contributed by atoms with van der Waals surface area (Å²) in [5.74, 6) is 6.66. The molecule has 0 radical (unpaired) electrons. The lowest BCUT2D eigenvalue weighted by Gasteiger charge is -2.32. The SMILES string of the molecule is CCC(C)(C)C(Cc1ncnn1C(C)C)NN. The van der Waals surface area contributed by atoms with E-state index in [1.54, 1.807) is 6.33 Å². The number of rotatable bonds is 6. The number of nitrogens with zero attached hydrogens (tertiary/aromatic N) is 3. The van der Waals surface area contributed by atoms with Crippen molar-refractivity contribution >= 4 is 0 Å². The molecule has 0 aliphatic rings. The first-order valence-electron chi connectivity index (χ1n) is 6.26. The lowest BCUT2D eigenvalue weighted by atomic mass is 9.80. The lowest BCUT2D eigenvalue weighted by Crippen LogP contribution is -2.47. The van der Waals surface area contributed by atoms with Gasteiger partial charge in [-0.3, -0.25) is 11.3 Å². The van der Waals surface area contributed by atoms with Gasteiger partial charge in [0.2, 0.25) is 0 Å². The molecule has 1 heterocycles. The van der Waals surface area contributed by atoms with Crippen LogP contribution in [-0.4, -0.2) is 20.8 Å². The molecule has 1 unspecified atom stereocenters. The van der Waals surface area contributed by atoms with Crippen molar-refractivity contribution in [2.24, 2.45) is 11.3 Å². The summed E-state index contributed by atoms with van der Waals surface area (Å²) < 4.78 is 1.95. The van der Waals surface area contributed by atoms with Gasteiger partial charge >= 0.3 is 0 Å². The molecule has 3 N–H and O–H groups in total. The number of nitrogens with two attached hydrogens (primary N) is 1. The monoisotopic (exact) mass is 239 g/mol. The predicted molar refractivity (Wildman–Crippen MR) is 69.3 cm³/mol. The van der Waals surface area contributed by atoms with Crippen molar-refractivity contribution in [1.82, 2.24) is 20.2 Å². The van der Waals surface area contributed by atoms with Gasteiger partial charge in [-0.05, 0) is 25.7 Å². The van der Waals surface area contributed by atoms with E-state index in [1.807, 2.05) is 4.68 Å². The van der Waals surface area contributed by atoms with Crippen LogP contribution in [0.2, 0.25) is 0 Å². The minimum absolute atomic E-state index is 0.141. The molecule has 1 atom stereocenters. The second kappa shape index (κ2) is 5.60. The van der Waals surface area contributed by atoms with Crippen LogP contribution in [0.3, 0.4) is 0 Å². The van der Waals surface area contributed by atoms with E-state index >= 15 is 0 Å². The third-order valence-corrected chi connectivity index (χ3v) is 3.58. The molecule has 0 spiro atoms. The van der Waals surface area contributed by atoms with Gasteiger partial charge in [0.15, 0.2) is 0 Å². The highest BCUT2D eigenvalue weighted by Crippen LogP contribution is 2.26. The zero-order valence-corrected chi connectivity index (χ0v) is 11.6. The van der Waals surface area contributed by atoms with Crippen LogP contribution in [0.4, 0.5) is 0 Å². The predicted octanol–water partition coefficient (Wildman–Crippen LogP) is 1.67. The highest BCUT2D eigenvalue weighted by atomic mass is 15.3. The van der Waals surface area contributed by atoms with E-state index in [4.69, 9.17) is 5.84 Å². The maximum atomic E-state index is 5.67. The van der Waals surface area contributed by atoms with Gasteiger partial charge in [-0.25, -0.2) is 9.67 Å². The Morgan fingerprint density at radius 1 is 1.47 bits per heavy atom. The summed E-state index contributed by atoms with van der Waals surface area (Å²) in [6.45, 7) is 10.8. The smallest absolute Gasteiger partial charge is 0.138 e. The Morgan fingerprint density at radius 3 is 2.59 bits per heavy atom. The number of hydrazine groups is 1. The van der Waals surface area contributed by atoms with Crippen molar-refractivity contribution in [3.05, 3.63) is 12.2 Å². The third-order valence-electron chi connectivity index (χ3n) is 3.58. The summed E-state index contributed by atoms with van der Waals surface area (Å²) in [5, 5.41) is 4.25. The van der Waals surface area contributed by atoms with Crippen molar-refractivity contribution in [2.45, 2.75) is 59.5 Å². The van der Waals surface area contributed by atoms with Crippen molar-refractivity contribution in [3.8, 4) is 0 Å². The minimum Gasteiger partial charge on any atom is -0.271 e. The summed E-state index contributed by atoms with van der Waals surface area (Å²) in [6, 6.07) is 0.532. The molecule has 0 aliphatic heterocycles. The van der Waals surface area contributed by atoms with Gasteiger partial charge in [0, 0.05) is 18.5 Å². The van der Waals surface area contributed by atoms with E-state index in [9.17, 15) is 0 Å². The van der Waals surface area contributed by atoms with E-state index in [-0.39, 0.29) is 11.5 Å². The Kier molecular flexibility index (Phi) is 4.65. The van der Waals surface area contributed by atoms with Gasteiger partial charge in [0.05, 0.1) is 0 Å². The topological polar surface area (TPSA) is 68.8 Å². The quantitative estimate of drug-likeness (QED) is 0.585. The van der Waals surface area contributed by atoms with E-state index < -0.39 is 0 Å². The molecule has 17 heavy (non-hydrogen) atoms. The molecule has 5 nitrogen and oxygen atoms in total. The van der Waals surface area contributed by atoms with Gasteiger partial charge in [-0.15, -0.1) is 0 Å². The lowest BCUT2D eigenvalue weighted by molar-refractivity contribution is 0.226. The second-order valence-corrected chi connectivity index (χ2v) is 5.48. The molecule has 1 aromatic heterocycles. The Balaban J connectivity index is 2.84. The second-order valence-electron chi connectivity index (χ2n) is 5.48. The summed E-state index contributed by atoms with van der Waals surface area (Å²) in [7, 11) is 0. The summed E-state index contributed by atoms with van der Waals surface area (Å²) in [5.41, 5.74) is 3.06. The fourth-order valence-electron chi connectivity index (χ4n) is 1.84. The van der Waals surface area contributed by atoms with Crippen LogP contribution in [0.25, 0.3) is 0 Å². The molecule has 1 rings (SSSR count). The fraction of sp³-hybridized carbons (Fsp3) is 0.833. The normalized spacial score (nSPS) is 14.3. The zero-order valence-electron chi connectivity index (χ0n) is 11.6. The molecule has 0 saturated carbocycles. The van der Waals surface area contributed by atoms with Crippen LogP contribution in [0.15, 0.2) is 6.33 Å². The first-order valence-corrected chi connectivity index (χ1v) is 6.26. The van der Waals surface area contributed by atoms with Gasteiger partial charge in [-0.1, -0.05) is 20.8 Å². The van der Waals surface area contributed by atoms with E-state index in [2.05, 4.69) is 50.1 Å². The van der Waals surface area contributed by atoms with Crippen molar-refractivity contribution in [2.75, 3.05) is 0 Å². The van der Waals surface area contributed by atoms with Crippen LogP contribution >= 0.6 is 0 Å². The Labute approximate surface area is 104 Å². The first-order chi connectivity index (χ1) is 7.92. The summed E-state index contributed by atoms with van der Waals surface area (Å²) in [4.78, 5) is 4.33. The molecular formula is C12H25N5. The number of hydrogen-bond acceptors (Lipinski definition) is 4. The molecular weight excluding hydrogens is 214 g/mol. The van der Waals surface area contributed by atoms with E-state index in [0.717, 1.165) is 18.7 Å². The van der Waals surface area contributed by atoms with Crippen molar-refractivity contribution in [1.29, 1.82) is 0 Å². The maximum Gasteiger partial charge on any atom is 0.138 e. The first kappa shape index (κ1) is 14.1. The van der Waals surface area contributed by atoms with Crippen molar-refractivity contribution < 1.29 is 0 Å². The average Bonchev–Trinajstić information content (AvgIpc) is 2.73. The number of hydrogen-bond donors (Lipinski definition) is 2. The molecule has 0 bridgehead atoms. The largest absolute Gasteiger partial charge is 0.271 e. The molecule has 0 aliphatic carbocycles. The maximum absolute atomic E-state index is 5.67. The zero-order chi connectivity index (χ0) is 13.1. The molecule has 5 heteroatoms. The van der Waals surface area contributed by atoms with Gasteiger partial charge in [-0.2, -0.15) is 5.10 Å². The molecule has 0 fully saturated rings. The highest BCUT2D eigenvalue weighted by molar-refractivity contribution is 4.95. The third kappa shape index (κ3) is 3.26. The molecule has 0 aromatic carbocycles. The standard InChI is InChI=1S/C12H25N5/c1-6-12(4,5)10(16-13)7-11-14-8-15-17(11)9(2)3/h8-10,16H,6-7,13H2,1-5H3. The van der Waals surface area contributed by atoms with Gasteiger partial charge in [0.1, 0.15) is 12.2 Å². The van der Waals surface area contributed by atoms with Crippen LogP contribution in [0.5, 0.6) is 0 Å².